The number of carbonyl (C=O) groups is 1. The highest BCUT2D eigenvalue weighted by atomic mass is 32.2. The largest absolute Gasteiger partial charge is 0.452 e. The molecule has 0 saturated heterocycles. The lowest BCUT2D eigenvalue weighted by molar-refractivity contribution is 0.110. The Morgan fingerprint density at radius 1 is 0.879 bits per heavy atom. The Morgan fingerprint density at radius 2 is 1.67 bits per heavy atom. The summed E-state index contributed by atoms with van der Waals surface area (Å²) in [5.74, 6) is 1.01. The number of hydrogen-bond acceptors (Lipinski definition) is 8. The molecular weight excluding hydrogens is 440 g/mol. The van der Waals surface area contributed by atoms with Crippen LogP contribution in [-0.2, 0) is 9.84 Å². The Morgan fingerprint density at radius 3 is 2.45 bits per heavy atom. The summed E-state index contributed by atoms with van der Waals surface area (Å²) in [6, 6.07) is 19.8. The van der Waals surface area contributed by atoms with Gasteiger partial charge in [-0.1, -0.05) is 30.3 Å². The van der Waals surface area contributed by atoms with E-state index in [0.717, 1.165) is 0 Å². The van der Waals surface area contributed by atoms with Crippen molar-refractivity contribution in [2.75, 3.05) is 5.32 Å². The van der Waals surface area contributed by atoms with Gasteiger partial charge in [0.1, 0.15) is 17.8 Å². The average molecular weight is 456 g/mol. The van der Waals surface area contributed by atoms with Crippen molar-refractivity contribution in [3.63, 3.8) is 0 Å². The van der Waals surface area contributed by atoms with Gasteiger partial charge in [0.2, 0.25) is 9.84 Å². The summed E-state index contributed by atoms with van der Waals surface area (Å²) in [6.07, 6.45) is 3.55. The van der Waals surface area contributed by atoms with Crippen LogP contribution in [0.15, 0.2) is 99.5 Å². The Balaban J connectivity index is 1.59. The third-order valence-electron chi connectivity index (χ3n) is 5.00. The molecule has 0 bridgehead atoms. The SMILES string of the molecule is O=Cc1ccc(-c2cc3c(Nc4ccccc4S(=O)(=O)c4ccccc4)ncnc3cn2)o1. The summed E-state index contributed by atoms with van der Waals surface area (Å²) in [7, 11) is -3.76. The molecule has 5 aromatic rings. The standard InChI is InChI=1S/C24H16N4O4S/c29-14-16-10-11-22(32-16)20-12-18-21(13-25-20)26-15-27-24(18)28-19-8-4-5-9-23(19)33(30,31)17-6-2-1-3-7-17/h1-15H,(H,26,27,28). The van der Waals surface area contributed by atoms with Crippen LogP contribution in [0, 0.1) is 0 Å². The fraction of sp³-hybridized carbons (Fsp3) is 0. The molecule has 3 heterocycles. The number of sulfone groups is 1. The summed E-state index contributed by atoms with van der Waals surface area (Å²) in [5, 5.41) is 3.75. The molecule has 1 N–H and O–H groups in total. The second-order valence-corrected chi connectivity index (χ2v) is 8.98. The van der Waals surface area contributed by atoms with Crippen LogP contribution < -0.4 is 5.32 Å². The van der Waals surface area contributed by atoms with Crippen LogP contribution in [0.25, 0.3) is 22.4 Å². The topological polar surface area (TPSA) is 115 Å². The molecule has 0 unspecified atom stereocenters. The number of pyridine rings is 1. The van der Waals surface area contributed by atoms with Crippen LogP contribution in [0.1, 0.15) is 10.6 Å². The van der Waals surface area contributed by atoms with E-state index in [1.165, 1.54) is 6.33 Å². The van der Waals surface area contributed by atoms with E-state index in [2.05, 4.69) is 20.3 Å². The minimum Gasteiger partial charge on any atom is -0.452 e. The Hall–Kier alpha value is -4.37. The molecule has 9 heteroatoms. The second-order valence-electron chi connectivity index (χ2n) is 7.07. The lowest BCUT2D eigenvalue weighted by Crippen LogP contribution is -2.06. The number of aldehydes is 1. The van der Waals surface area contributed by atoms with Crippen molar-refractivity contribution in [1.82, 2.24) is 15.0 Å². The van der Waals surface area contributed by atoms with E-state index >= 15 is 0 Å². The second kappa shape index (κ2) is 8.29. The number of carbonyl (C=O) groups excluding carboxylic acids is 1. The molecule has 8 nitrogen and oxygen atoms in total. The van der Waals surface area contributed by atoms with Gasteiger partial charge in [-0.15, -0.1) is 0 Å². The van der Waals surface area contributed by atoms with E-state index in [1.807, 2.05) is 0 Å². The molecule has 0 saturated carbocycles. The Kier molecular flexibility index (Phi) is 5.15. The van der Waals surface area contributed by atoms with Crippen molar-refractivity contribution < 1.29 is 17.6 Å². The van der Waals surface area contributed by atoms with Crippen LogP contribution in [0.5, 0.6) is 0 Å². The number of para-hydroxylation sites is 1. The molecule has 2 aromatic carbocycles. The molecular formula is C24H16N4O4S. The highest BCUT2D eigenvalue weighted by Crippen LogP contribution is 2.32. The fourth-order valence-electron chi connectivity index (χ4n) is 3.41. The molecule has 0 spiro atoms. The number of benzene rings is 2. The number of rotatable bonds is 6. The first-order valence-electron chi connectivity index (χ1n) is 9.88. The van der Waals surface area contributed by atoms with Crippen molar-refractivity contribution in [2.45, 2.75) is 9.79 Å². The minimum atomic E-state index is -3.76. The van der Waals surface area contributed by atoms with E-state index in [-0.39, 0.29) is 15.6 Å². The number of fused-ring (bicyclic) bond motifs is 1. The maximum absolute atomic E-state index is 13.3. The lowest BCUT2D eigenvalue weighted by atomic mass is 10.2. The number of furan rings is 1. The summed E-state index contributed by atoms with van der Waals surface area (Å²) in [4.78, 5) is 24.2. The highest BCUT2D eigenvalue weighted by molar-refractivity contribution is 7.91. The third kappa shape index (κ3) is 3.85. The first-order chi connectivity index (χ1) is 16.1. The van der Waals surface area contributed by atoms with Crippen LogP contribution >= 0.6 is 0 Å². The monoisotopic (exact) mass is 456 g/mol. The van der Waals surface area contributed by atoms with E-state index in [1.54, 1.807) is 79.0 Å². The zero-order valence-corrected chi connectivity index (χ0v) is 17.9. The van der Waals surface area contributed by atoms with Crippen molar-refractivity contribution in [2.24, 2.45) is 0 Å². The van der Waals surface area contributed by atoms with Crippen LogP contribution in [-0.4, -0.2) is 29.7 Å². The highest BCUT2D eigenvalue weighted by Gasteiger charge is 2.21. The summed E-state index contributed by atoms with van der Waals surface area (Å²) in [5.41, 5.74) is 1.42. The molecule has 0 radical (unpaired) electrons. The van der Waals surface area contributed by atoms with Crippen molar-refractivity contribution >= 4 is 38.5 Å². The molecule has 0 amide bonds. The number of nitrogens with one attached hydrogen (secondary N) is 1. The van der Waals surface area contributed by atoms with E-state index < -0.39 is 9.84 Å². The van der Waals surface area contributed by atoms with E-state index in [9.17, 15) is 13.2 Å². The minimum absolute atomic E-state index is 0.124. The van der Waals surface area contributed by atoms with Gasteiger partial charge in [-0.05, 0) is 42.5 Å². The first kappa shape index (κ1) is 20.5. The van der Waals surface area contributed by atoms with Crippen molar-refractivity contribution in [3.05, 3.63) is 91.1 Å². The van der Waals surface area contributed by atoms with E-state index in [4.69, 9.17) is 4.42 Å². The van der Waals surface area contributed by atoms with Gasteiger partial charge in [-0.25, -0.2) is 18.4 Å². The average Bonchev–Trinajstić information content (AvgIpc) is 3.34. The Labute approximate surface area is 188 Å². The molecule has 3 aromatic heterocycles. The summed E-state index contributed by atoms with van der Waals surface area (Å²) in [6.45, 7) is 0. The summed E-state index contributed by atoms with van der Waals surface area (Å²) < 4.78 is 32.0. The van der Waals surface area contributed by atoms with Gasteiger partial charge in [0, 0.05) is 5.39 Å². The number of hydrogen-bond donors (Lipinski definition) is 1. The molecule has 0 aliphatic heterocycles. The summed E-state index contributed by atoms with van der Waals surface area (Å²) >= 11 is 0. The van der Waals surface area contributed by atoms with Crippen LogP contribution in [0.2, 0.25) is 0 Å². The van der Waals surface area contributed by atoms with Crippen molar-refractivity contribution in [1.29, 1.82) is 0 Å². The van der Waals surface area contributed by atoms with Gasteiger partial charge in [0.15, 0.2) is 17.8 Å². The molecule has 0 aliphatic carbocycles. The zero-order valence-electron chi connectivity index (χ0n) is 17.0. The van der Waals surface area contributed by atoms with Gasteiger partial charge in [-0.3, -0.25) is 9.78 Å². The predicted molar refractivity (Wildman–Crippen MR) is 122 cm³/mol. The molecule has 0 aliphatic rings. The van der Waals surface area contributed by atoms with E-state index in [0.29, 0.717) is 40.1 Å². The molecule has 33 heavy (non-hydrogen) atoms. The molecule has 162 valence electrons. The Bertz CT molecular complexity index is 1580. The number of aromatic nitrogens is 3. The van der Waals surface area contributed by atoms with Crippen molar-refractivity contribution in [3.8, 4) is 11.5 Å². The van der Waals surface area contributed by atoms with Gasteiger partial charge < -0.3 is 9.73 Å². The fourth-order valence-corrected chi connectivity index (χ4v) is 4.84. The number of nitrogens with zero attached hydrogens (tertiary/aromatic N) is 3. The zero-order chi connectivity index (χ0) is 22.8. The normalized spacial score (nSPS) is 11.4. The van der Waals surface area contributed by atoms with Gasteiger partial charge in [0.05, 0.1) is 27.2 Å². The number of anilines is 2. The lowest BCUT2D eigenvalue weighted by Gasteiger charge is -2.13. The maximum Gasteiger partial charge on any atom is 0.208 e. The van der Waals surface area contributed by atoms with Gasteiger partial charge in [0.25, 0.3) is 0 Å². The first-order valence-corrected chi connectivity index (χ1v) is 11.4. The van der Waals surface area contributed by atoms with Crippen LogP contribution in [0.4, 0.5) is 11.5 Å². The predicted octanol–water partition coefficient (Wildman–Crippen LogP) is 4.67. The van der Waals surface area contributed by atoms with Gasteiger partial charge >= 0.3 is 0 Å². The van der Waals surface area contributed by atoms with Crippen LogP contribution in [0.3, 0.4) is 0 Å². The van der Waals surface area contributed by atoms with Gasteiger partial charge in [-0.2, -0.15) is 0 Å². The smallest absolute Gasteiger partial charge is 0.208 e. The third-order valence-corrected chi connectivity index (χ3v) is 6.83. The maximum atomic E-state index is 13.3. The molecule has 0 atom stereocenters. The molecule has 5 rings (SSSR count). The quantitative estimate of drug-likeness (QED) is 0.367. The molecule has 0 fully saturated rings.